The molecule has 1 rings (SSSR count). The average molecular weight is 428 g/mol. The Kier molecular flexibility index (Phi) is 15.8. The van der Waals surface area contributed by atoms with Gasteiger partial charge in [-0.3, -0.25) is 4.79 Å². The van der Waals surface area contributed by atoms with Crippen LogP contribution in [0.15, 0.2) is 54.6 Å². The third-order valence-corrected chi connectivity index (χ3v) is 5.27. The van der Waals surface area contributed by atoms with Crippen molar-refractivity contribution in [3.63, 3.8) is 0 Å². The maximum Gasteiger partial charge on any atom is 0.326 e. The molecule has 0 aliphatic heterocycles. The molecule has 0 spiro atoms. The zero-order chi connectivity index (χ0) is 22.6. The summed E-state index contributed by atoms with van der Waals surface area (Å²) in [6.07, 6.45) is 22.3. The number of amides is 1. The Balaban J connectivity index is 2.03. The van der Waals surface area contributed by atoms with E-state index < -0.39 is 12.0 Å². The van der Waals surface area contributed by atoms with E-state index in [1.807, 2.05) is 30.3 Å². The van der Waals surface area contributed by atoms with Crippen LogP contribution in [0.4, 0.5) is 0 Å². The summed E-state index contributed by atoms with van der Waals surface area (Å²) in [4.78, 5) is 23.5. The number of aliphatic carboxylic acids is 1. The summed E-state index contributed by atoms with van der Waals surface area (Å²) in [7, 11) is 0. The molecule has 0 saturated carbocycles. The molecule has 0 aromatic heterocycles. The molecule has 4 heteroatoms. The van der Waals surface area contributed by atoms with Gasteiger partial charge >= 0.3 is 5.97 Å². The van der Waals surface area contributed by atoms with Gasteiger partial charge in [-0.05, 0) is 44.1 Å². The summed E-state index contributed by atoms with van der Waals surface area (Å²) in [5, 5.41) is 12.0. The normalized spacial score (nSPS) is 12.4. The zero-order valence-corrected chi connectivity index (χ0v) is 19.2. The monoisotopic (exact) mass is 427 g/mol. The molecule has 31 heavy (non-hydrogen) atoms. The first kappa shape index (κ1) is 26.7. The predicted molar refractivity (Wildman–Crippen MR) is 129 cm³/mol. The van der Waals surface area contributed by atoms with Crippen molar-refractivity contribution in [2.45, 2.75) is 96.4 Å². The van der Waals surface area contributed by atoms with Crippen LogP contribution < -0.4 is 5.32 Å². The van der Waals surface area contributed by atoms with Crippen LogP contribution in [0.2, 0.25) is 0 Å². The number of hydrogen-bond donors (Lipinski definition) is 2. The van der Waals surface area contributed by atoms with Crippen molar-refractivity contribution in [3.8, 4) is 0 Å². The highest BCUT2D eigenvalue weighted by atomic mass is 16.4. The first-order valence-corrected chi connectivity index (χ1v) is 12.0. The van der Waals surface area contributed by atoms with Crippen LogP contribution in [0.5, 0.6) is 0 Å². The van der Waals surface area contributed by atoms with E-state index in [0.717, 1.165) is 37.7 Å². The summed E-state index contributed by atoms with van der Waals surface area (Å²) in [6, 6.07) is 8.53. The van der Waals surface area contributed by atoms with Crippen molar-refractivity contribution in [2.24, 2.45) is 0 Å². The number of rotatable bonds is 18. The summed E-state index contributed by atoms with van der Waals surface area (Å²) in [5.41, 5.74) is 0.909. The van der Waals surface area contributed by atoms with E-state index in [9.17, 15) is 14.7 Å². The van der Waals surface area contributed by atoms with E-state index in [1.54, 1.807) is 0 Å². The molecule has 0 radical (unpaired) electrons. The van der Waals surface area contributed by atoms with E-state index in [4.69, 9.17) is 0 Å². The molecule has 1 amide bonds. The fourth-order valence-electron chi connectivity index (χ4n) is 3.41. The lowest BCUT2D eigenvalue weighted by Crippen LogP contribution is -2.42. The number of unbranched alkanes of at least 4 members (excludes halogenated alkanes) is 8. The lowest BCUT2D eigenvalue weighted by molar-refractivity contribution is -0.141. The summed E-state index contributed by atoms with van der Waals surface area (Å²) >= 11 is 0. The van der Waals surface area contributed by atoms with Gasteiger partial charge in [-0.1, -0.05) is 93.7 Å². The number of allylic oxidation sites excluding steroid dienone is 4. The third-order valence-electron chi connectivity index (χ3n) is 5.27. The van der Waals surface area contributed by atoms with Crippen molar-refractivity contribution in [1.82, 2.24) is 5.32 Å². The number of nitrogens with one attached hydrogen (secondary N) is 1. The van der Waals surface area contributed by atoms with Gasteiger partial charge in [0.15, 0.2) is 0 Å². The van der Waals surface area contributed by atoms with E-state index in [1.165, 1.54) is 38.5 Å². The van der Waals surface area contributed by atoms with Gasteiger partial charge in [0.05, 0.1) is 0 Å². The van der Waals surface area contributed by atoms with E-state index in [-0.39, 0.29) is 5.91 Å². The molecule has 0 aliphatic carbocycles. The summed E-state index contributed by atoms with van der Waals surface area (Å²) < 4.78 is 0. The molecule has 0 saturated heterocycles. The molecule has 1 unspecified atom stereocenters. The van der Waals surface area contributed by atoms with Gasteiger partial charge in [-0.15, -0.1) is 0 Å². The second-order valence-electron chi connectivity index (χ2n) is 8.13. The number of carbonyl (C=O) groups excluding carboxylic acids is 1. The molecular formula is C27H41NO3. The van der Waals surface area contributed by atoms with E-state index >= 15 is 0 Å². The van der Waals surface area contributed by atoms with E-state index in [0.29, 0.717) is 12.8 Å². The minimum Gasteiger partial charge on any atom is -0.480 e. The molecule has 1 aromatic rings. The van der Waals surface area contributed by atoms with Gasteiger partial charge in [0, 0.05) is 12.8 Å². The molecule has 0 aliphatic rings. The number of carboxylic acid groups (broad SMARTS) is 1. The highest BCUT2D eigenvalue weighted by molar-refractivity contribution is 5.83. The molecule has 172 valence electrons. The third kappa shape index (κ3) is 15.1. The molecular weight excluding hydrogens is 386 g/mol. The van der Waals surface area contributed by atoms with Crippen molar-refractivity contribution in [1.29, 1.82) is 0 Å². The average Bonchev–Trinajstić information content (AvgIpc) is 2.76. The lowest BCUT2D eigenvalue weighted by atomic mass is 10.1. The van der Waals surface area contributed by atoms with Crippen LogP contribution in [0, 0.1) is 0 Å². The Labute approximate surface area is 188 Å². The highest BCUT2D eigenvalue weighted by Gasteiger charge is 2.19. The SMILES string of the molecule is CCCCC/C=C/C/C=C/CCCCCCCC(=O)NC(Cc1ccccc1)C(=O)O. The molecule has 4 nitrogen and oxygen atoms in total. The highest BCUT2D eigenvalue weighted by Crippen LogP contribution is 2.09. The molecule has 2 N–H and O–H groups in total. The van der Waals surface area contributed by atoms with E-state index in [2.05, 4.69) is 36.5 Å². The molecule has 0 fully saturated rings. The van der Waals surface area contributed by atoms with Crippen molar-refractivity contribution in [3.05, 3.63) is 60.2 Å². The van der Waals surface area contributed by atoms with Gasteiger partial charge in [0.25, 0.3) is 0 Å². The summed E-state index contributed by atoms with van der Waals surface area (Å²) in [6.45, 7) is 2.23. The quantitative estimate of drug-likeness (QED) is 0.204. The Hall–Kier alpha value is -2.36. The second-order valence-corrected chi connectivity index (χ2v) is 8.13. The lowest BCUT2D eigenvalue weighted by Gasteiger charge is -2.14. The van der Waals surface area contributed by atoms with Crippen LogP contribution in [0.25, 0.3) is 0 Å². The second kappa shape index (κ2) is 18.4. The van der Waals surface area contributed by atoms with Gasteiger partial charge < -0.3 is 10.4 Å². The van der Waals surface area contributed by atoms with Crippen LogP contribution in [-0.4, -0.2) is 23.0 Å². The summed E-state index contributed by atoms with van der Waals surface area (Å²) in [5.74, 6) is -1.16. The van der Waals surface area contributed by atoms with Crippen molar-refractivity contribution in [2.75, 3.05) is 0 Å². The molecule has 0 heterocycles. The fraction of sp³-hybridized carbons (Fsp3) is 0.556. The van der Waals surface area contributed by atoms with Gasteiger partial charge in [0.1, 0.15) is 6.04 Å². The topological polar surface area (TPSA) is 66.4 Å². The first-order chi connectivity index (χ1) is 15.1. The zero-order valence-electron chi connectivity index (χ0n) is 19.2. The van der Waals surface area contributed by atoms with Crippen LogP contribution >= 0.6 is 0 Å². The first-order valence-electron chi connectivity index (χ1n) is 12.0. The maximum atomic E-state index is 12.1. The van der Waals surface area contributed by atoms with Crippen molar-refractivity contribution >= 4 is 11.9 Å². The minimum atomic E-state index is -0.989. The Morgan fingerprint density at radius 3 is 2.13 bits per heavy atom. The number of benzene rings is 1. The van der Waals surface area contributed by atoms with Gasteiger partial charge in [0.2, 0.25) is 5.91 Å². The standard InChI is InChI=1S/C27H41NO3/c1-2-3-4-5-6-7-8-9-10-11-12-13-14-15-19-22-26(29)28-25(27(30)31)23-24-20-17-16-18-21-24/h6-7,9-10,16-18,20-21,25H,2-5,8,11-15,19,22-23H2,1H3,(H,28,29)(H,30,31)/b7-6+,10-9+. The Morgan fingerprint density at radius 2 is 1.48 bits per heavy atom. The van der Waals surface area contributed by atoms with Crippen LogP contribution in [0.1, 0.15) is 89.5 Å². The van der Waals surface area contributed by atoms with Gasteiger partial charge in [-0.25, -0.2) is 4.79 Å². The molecule has 0 bridgehead atoms. The molecule has 1 aromatic carbocycles. The van der Waals surface area contributed by atoms with Crippen LogP contribution in [0.3, 0.4) is 0 Å². The Bertz CT molecular complexity index is 652. The largest absolute Gasteiger partial charge is 0.480 e. The smallest absolute Gasteiger partial charge is 0.326 e. The number of carbonyl (C=O) groups is 2. The van der Waals surface area contributed by atoms with Crippen LogP contribution in [-0.2, 0) is 16.0 Å². The fourth-order valence-corrected chi connectivity index (χ4v) is 3.41. The molecule has 1 atom stereocenters. The van der Waals surface area contributed by atoms with Gasteiger partial charge in [-0.2, -0.15) is 0 Å². The van der Waals surface area contributed by atoms with Crippen molar-refractivity contribution < 1.29 is 14.7 Å². The number of carboxylic acids is 1. The predicted octanol–water partition coefficient (Wildman–Crippen LogP) is 6.61. The maximum absolute atomic E-state index is 12.1. The number of hydrogen-bond acceptors (Lipinski definition) is 2. The minimum absolute atomic E-state index is 0.172. The Morgan fingerprint density at radius 1 is 0.871 bits per heavy atom.